The molecule has 0 aromatic heterocycles. The van der Waals surface area contributed by atoms with E-state index in [0.717, 1.165) is 0 Å². The molecule has 2 saturated heterocycles. The van der Waals surface area contributed by atoms with Gasteiger partial charge in [-0.05, 0) is 6.92 Å². The molecule has 2 fully saturated rings. The van der Waals surface area contributed by atoms with Crippen LogP contribution in [0.1, 0.15) is 13.3 Å². The summed E-state index contributed by atoms with van der Waals surface area (Å²) in [4.78, 5) is 13.2. The number of halogens is 1. The van der Waals surface area contributed by atoms with Crippen LogP contribution in [0.3, 0.4) is 0 Å². The van der Waals surface area contributed by atoms with Crippen molar-refractivity contribution in [2.45, 2.75) is 19.0 Å². The minimum Gasteiger partial charge on any atom is -0.380 e. The van der Waals surface area contributed by atoms with Crippen LogP contribution in [0.15, 0.2) is 0 Å². The molecule has 0 saturated carbocycles. The Labute approximate surface area is 76.8 Å². The van der Waals surface area contributed by atoms with Crippen LogP contribution in [0, 0.1) is 5.92 Å². The second-order valence-electron chi connectivity index (χ2n) is 4.16. The van der Waals surface area contributed by atoms with Gasteiger partial charge in [0, 0.05) is 13.0 Å². The maximum Gasteiger partial charge on any atom is 0.230 e. The zero-order valence-electron chi connectivity index (χ0n) is 7.75. The zero-order chi connectivity index (χ0) is 9.47. The SMILES string of the molecule is CC1(F)CCN(C(=O)C2COC2)C1. The van der Waals surface area contributed by atoms with Crippen LogP contribution in [-0.4, -0.2) is 42.8 Å². The Morgan fingerprint density at radius 3 is 2.69 bits per heavy atom. The number of carbonyl (C=O) groups is 1. The predicted molar refractivity (Wildman–Crippen MR) is 45.0 cm³/mol. The Morgan fingerprint density at radius 1 is 1.62 bits per heavy atom. The first-order valence-corrected chi connectivity index (χ1v) is 4.64. The lowest BCUT2D eigenvalue weighted by atomic mass is 10.1. The van der Waals surface area contributed by atoms with Gasteiger partial charge < -0.3 is 9.64 Å². The molecule has 0 aromatic rings. The average molecular weight is 187 g/mol. The summed E-state index contributed by atoms with van der Waals surface area (Å²) in [6, 6.07) is 0. The van der Waals surface area contributed by atoms with E-state index >= 15 is 0 Å². The van der Waals surface area contributed by atoms with Gasteiger partial charge in [-0.15, -0.1) is 0 Å². The summed E-state index contributed by atoms with van der Waals surface area (Å²) in [6.07, 6.45) is 0.465. The molecule has 3 nitrogen and oxygen atoms in total. The number of ether oxygens (including phenoxy) is 1. The lowest BCUT2D eigenvalue weighted by Crippen LogP contribution is -2.44. The smallest absolute Gasteiger partial charge is 0.230 e. The Hall–Kier alpha value is -0.640. The van der Waals surface area contributed by atoms with E-state index in [-0.39, 0.29) is 18.4 Å². The monoisotopic (exact) mass is 187 g/mol. The number of hydrogen-bond acceptors (Lipinski definition) is 2. The summed E-state index contributed by atoms with van der Waals surface area (Å²) in [6.45, 7) is 3.39. The summed E-state index contributed by atoms with van der Waals surface area (Å²) in [5, 5.41) is 0. The van der Waals surface area contributed by atoms with Gasteiger partial charge in [0.15, 0.2) is 0 Å². The third-order valence-electron chi connectivity index (χ3n) is 2.72. The van der Waals surface area contributed by atoms with Gasteiger partial charge in [0.05, 0.1) is 25.7 Å². The van der Waals surface area contributed by atoms with E-state index in [4.69, 9.17) is 4.74 Å². The molecule has 1 amide bonds. The highest BCUT2D eigenvalue weighted by molar-refractivity contribution is 5.80. The number of amides is 1. The molecule has 0 spiro atoms. The van der Waals surface area contributed by atoms with Gasteiger partial charge in [0.2, 0.25) is 5.91 Å². The van der Waals surface area contributed by atoms with Gasteiger partial charge in [-0.1, -0.05) is 0 Å². The quantitative estimate of drug-likeness (QED) is 0.601. The maximum atomic E-state index is 13.4. The molecule has 13 heavy (non-hydrogen) atoms. The van der Waals surface area contributed by atoms with Gasteiger partial charge >= 0.3 is 0 Å². The van der Waals surface area contributed by atoms with Crippen LogP contribution < -0.4 is 0 Å². The van der Waals surface area contributed by atoms with Crippen molar-refractivity contribution in [2.24, 2.45) is 5.92 Å². The summed E-state index contributed by atoms with van der Waals surface area (Å²) in [7, 11) is 0. The lowest BCUT2D eigenvalue weighted by Gasteiger charge is -2.29. The Balaban J connectivity index is 1.91. The molecule has 0 aliphatic carbocycles. The van der Waals surface area contributed by atoms with E-state index in [1.807, 2.05) is 0 Å². The molecular weight excluding hydrogens is 173 g/mol. The van der Waals surface area contributed by atoms with Crippen molar-refractivity contribution in [3.05, 3.63) is 0 Å². The highest BCUT2D eigenvalue weighted by Crippen LogP contribution is 2.27. The van der Waals surface area contributed by atoms with E-state index in [1.165, 1.54) is 0 Å². The van der Waals surface area contributed by atoms with Gasteiger partial charge in [0.1, 0.15) is 5.67 Å². The van der Waals surface area contributed by atoms with Crippen LogP contribution in [-0.2, 0) is 9.53 Å². The fourth-order valence-corrected chi connectivity index (χ4v) is 1.75. The fraction of sp³-hybridized carbons (Fsp3) is 0.889. The first-order valence-electron chi connectivity index (χ1n) is 4.64. The number of hydrogen-bond donors (Lipinski definition) is 0. The summed E-state index contributed by atoms with van der Waals surface area (Å²) < 4.78 is 18.3. The van der Waals surface area contributed by atoms with E-state index in [9.17, 15) is 9.18 Å². The number of carbonyl (C=O) groups excluding carboxylic acids is 1. The molecule has 0 N–H and O–H groups in total. The van der Waals surface area contributed by atoms with Crippen molar-refractivity contribution < 1.29 is 13.9 Å². The third-order valence-corrected chi connectivity index (χ3v) is 2.72. The molecule has 1 unspecified atom stereocenters. The summed E-state index contributed by atoms with van der Waals surface area (Å²) >= 11 is 0. The molecule has 4 heteroatoms. The van der Waals surface area contributed by atoms with Crippen LogP contribution >= 0.6 is 0 Å². The number of alkyl halides is 1. The second-order valence-corrected chi connectivity index (χ2v) is 4.16. The Morgan fingerprint density at radius 2 is 2.31 bits per heavy atom. The summed E-state index contributed by atoms with van der Waals surface area (Å²) in [5.41, 5.74) is -1.18. The van der Waals surface area contributed by atoms with Crippen molar-refractivity contribution in [1.82, 2.24) is 4.90 Å². The molecule has 1 atom stereocenters. The first-order chi connectivity index (χ1) is 6.08. The second kappa shape index (κ2) is 2.94. The molecule has 2 heterocycles. The van der Waals surface area contributed by atoms with Crippen LogP contribution in [0.5, 0.6) is 0 Å². The van der Waals surface area contributed by atoms with Crippen molar-refractivity contribution in [2.75, 3.05) is 26.3 Å². The number of rotatable bonds is 1. The van der Waals surface area contributed by atoms with Gasteiger partial charge in [-0.3, -0.25) is 4.79 Å². The standard InChI is InChI=1S/C9H14FNO2/c1-9(10)2-3-11(6-9)8(12)7-4-13-5-7/h7H,2-6H2,1H3. The Bertz CT molecular complexity index is 226. The van der Waals surface area contributed by atoms with Crippen molar-refractivity contribution in [3.63, 3.8) is 0 Å². The molecule has 2 aliphatic rings. The van der Waals surface area contributed by atoms with Crippen LogP contribution in [0.25, 0.3) is 0 Å². The van der Waals surface area contributed by atoms with Crippen LogP contribution in [0.4, 0.5) is 4.39 Å². The van der Waals surface area contributed by atoms with Crippen molar-refractivity contribution >= 4 is 5.91 Å². The molecule has 0 bridgehead atoms. The van der Waals surface area contributed by atoms with Gasteiger partial charge in [-0.25, -0.2) is 4.39 Å². The maximum absolute atomic E-state index is 13.4. The predicted octanol–water partition coefficient (Wildman–Crippen LogP) is 0.593. The topological polar surface area (TPSA) is 29.5 Å². The fourth-order valence-electron chi connectivity index (χ4n) is 1.75. The minimum absolute atomic E-state index is 0.00565. The number of likely N-dealkylation sites (tertiary alicyclic amines) is 1. The highest BCUT2D eigenvalue weighted by atomic mass is 19.1. The van der Waals surface area contributed by atoms with E-state index in [0.29, 0.717) is 26.2 Å². The normalized spacial score (nSPS) is 34.8. The van der Waals surface area contributed by atoms with E-state index < -0.39 is 5.67 Å². The number of nitrogens with zero attached hydrogens (tertiary/aromatic N) is 1. The Kier molecular flexibility index (Phi) is 2.02. The van der Waals surface area contributed by atoms with E-state index in [2.05, 4.69) is 0 Å². The molecule has 74 valence electrons. The first kappa shape index (κ1) is 8.94. The minimum atomic E-state index is -1.18. The van der Waals surface area contributed by atoms with Gasteiger partial charge in [-0.2, -0.15) is 0 Å². The molecule has 0 radical (unpaired) electrons. The molecule has 0 aromatic carbocycles. The molecule has 2 aliphatic heterocycles. The lowest BCUT2D eigenvalue weighted by molar-refractivity contribution is -0.149. The molecule has 2 rings (SSSR count). The van der Waals surface area contributed by atoms with E-state index in [1.54, 1.807) is 11.8 Å². The highest BCUT2D eigenvalue weighted by Gasteiger charge is 2.39. The summed E-state index contributed by atoms with van der Waals surface area (Å²) in [5.74, 6) is 0.0570. The van der Waals surface area contributed by atoms with Crippen molar-refractivity contribution in [3.8, 4) is 0 Å². The van der Waals surface area contributed by atoms with Crippen LogP contribution in [0.2, 0.25) is 0 Å². The average Bonchev–Trinajstić information content (AvgIpc) is 2.26. The van der Waals surface area contributed by atoms with Gasteiger partial charge in [0.25, 0.3) is 0 Å². The largest absolute Gasteiger partial charge is 0.380 e. The molecular formula is C9H14FNO2. The zero-order valence-corrected chi connectivity index (χ0v) is 7.75. The van der Waals surface area contributed by atoms with Crippen molar-refractivity contribution in [1.29, 1.82) is 0 Å². The third kappa shape index (κ3) is 1.68.